The molecule has 0 radical (unpaired) electrons. The molecule has 0 aliphatic rings. The lowest BCUT2D eigenvalue weighted by molar-refractivity contribution is 0.249. The van der Waals surface area contributed by atoms with Crippen LogP contribution in [-0.4, -0.2) is 23.0 Å². The second-order valence-corrected chi connectivity index (χ2v) is 9.42. The molecule has 0 aliphatic heterocycles. The summed E-state index contributed by atoms with van der Waals surface area (Å²) in [5.41, 5.74) is 0. The van der Waals surface area contributed by atoms with Crippen LogP contribution in [0.3, 0.4) is 0 Å². The summed E-state index contributed by atoms with van der Waals surface area (Å²) in [7, 11) is -7.51. The topological polar surface area (TPSA) is 163 Å². The highest BCUT2D eigenvalue weighted by atomic mass is 31.2. The highest BCUT2D eigenvalue weighted by Crippen LogP contribution is 2.41. The van der Waals surface area contributed by atoms with Crippen molar-refractivity contribution < 1.29 is 28.0 Å². The number of hydrogen-bond donors (Lipinski definition) is 4. The fraction of sp³-hybridized carbons (Fsp3) is 0.333. The van der Waals surface area contributed by atoms with Gasteiger partial charge in [0.1, 0.15) is 0 Å². The average molecular weight is 432 g/mol. The van der Waals surface area contributed by atoms with Gasteiger partial charge in [-0.15, -0.1) is 0 Å². The zero-order chi connectivity index (χ0) is 18.9. The van der Waals surface area contributed by atoms with Gasteiger partial charge in [0.05, 0.1) is 23.8 Å². The number of benzene rings is 2. The Bertz CT molecular complexity index is 696. The standard InChI is InChI=1S/C18H24O6P2.2H3N/c19-25(20,17-11-5-3-6-12-17)23-15-9-1-2-10-16-24-26(21,22)18-13-7-4-8-14-18;;/h3-8,11-14H,1-2,9-10,15-16H2,(H,19,20)(H,21,22);2*1H3. The van der Waals surface area contributed by atoms with E-state index in [-0.39, 0.29) is 36.1 Å². The van der Waals surface area contributed by atoms with Gasteiger partial charge < -0.3 is 31.1 Å². The van der Waals surface area contributed by atoms with Crippen molar-refractivity contribution >= 4 is 25.8 Å². The maximum Gasteiger partial charge on any atom is 0.358 e. The first-order valence-corrected chi connectivity index (χ1v) is 11.6. The molecule has 0 bridgehead atoms. The van der Waals surface area contributed by atoms with E-state index in [2.05, 4.69) is 0 Å². The quantitative estimate of drug-likeness (QED) is 0.306. The smallest absolute Gasteiger partial charge is 0.344 e. The molecule has 2 rings (SSSR count). The molecule has 0 fully saturated rings. The van der Waals surface area contributed by atoms with E-state index in [9.17, 15) is 18.9 Å². The van der Waals surface area contributed by atoms with Crippen LogP contribution in [0.15, 0.2) is 60.7 Å². The number of rotatable bonds is 11. The van der Waals surface area contributed by atoms with Gasteiger partial charge in [-0.25, -0.2) is 0 Å². The van der Waals surface area contributed by atoms with Crippen molar-refractivity contribution in [3.63, 3.8) is 0 Å². The summed E-state index contributed by atoms with van der Waals surface area (Å²) in [6.45, 7) is 0.373. The zero-order valence-electron chi connectivity index (χ0n) is 15.9. The molecular weight excluding hydrogens is 402 g/mol. The highest BCUT2D eigenvalue weighted by Gasteiger charge is 2.22. The predicted octanol–water partition coefficient (Wildman–Crippen LogP) is 3.93. The second kappa shape index (κ2) is 13.0. The summed E-state index contributed by atoms with van der Waals surface area (Å²) >= 11 is 0. The van der Waals surface area contributed by atoms with Crippen molar-refractivity contribution in [3.05, 3.63) is 60.7 Å². The maximum atomic E-state index is 12.1. The van der Waals surface area contributed by atoms with Gasteiger partial charge in [-0.3, -0.25) is 9.13 Å². The Kier molecular flexibility index (Phi) is 12.4. The third-order valence-corrected chi connectivity index (χ3v) is 6.70. The first-order valence-electron chi connectivity index (χ1n) is 8.48. The van der Waals surface area contributed by atoms with Crippen LogP contribution in [-0.2, 0) is 18.2 Å². The molecule has 0 heterocycles. The molecule has 8 nitrogen and oxygen atoms in total. The summed E-state index contributed by atoms with van der Waals surface area (Å²) in [5, 5.41) is 0.570. The van der Waals surface area contributed by atoms with Crippen molar-refractivity contribution in [1.29, 1.82) is 0 Å². The molecule has 0 aliphatic carbocycles. The van der Waals surface area contributed by atoms with Crippen LogP contribution < -0.4 is 22.9 Å². The van der Waals surface area contributed by atoms with E-state index in [0.717, 1.165) is 12.8 Å². The molecule has 0 aromatic heterocycles. The van der Waals surface area contributed by atoms with Crippen LogP contribution in [0.25, 0.3) is 0 Å². The van der Waals surface area contributed by atoms with Gasteiger partial charge in [0.15, 0.2) is 0 Å². The summed E-state index contributed by atoms with van der Waals surface area (Å²) < 4.78 is 34.4. The Morgan fingerprint density at radius 1 is 0.607 bits per heavy atom. The van der Waals surface area contributed by atoms with Crippen LogP contribution in [0.5, 0.6) is 0 Å². The number of hydrogen-bond acceptors (Lipinski definition) is 6. The second-order valence-electron chi connectivity index (χ2n) is 5.79. The maximum absolute atomic E-state index is 12.1. The molecule has 0 saturated carbocycles. The van der Waals surface area contributed by atoms with Crippen LogP contribution in [0.2, 0.25) is 0 Å². The lowest BCUT2D eigenvalue weighted by Gasteiger charge is -2.13. The molecular formula is C18H30N2O6P2. The lowest BCUT2D eigenvalue weighted by atomic mass is 10.2. The van der Waals surface area contributed by atoms with Crippen molar-refractivity contribution in [2.24, 2.45) is 0 Å². The summed E-state index contributed by atoms with van der Waals surface area (Å²) in [6.07, 6.45) is 2.82. The van der Waals surface area contributed by atoms with E-state index < -0.39 is 15.2 Å². The summed E-state index contributed by atoms with van der Waals surface area (Å²) in [5.74, 6) is 0. The van der Waals surface area contributed by atoms with Gasteiger partial charge >= 0.3 is 15.2 Å². The van der Waals surface area contributed by atoms with Crippen molar-refractivity contribution in [1.82, 2.24) is 12.3 Å². The Hall–Kier alpha value is -1.34. The van der Waals surface area contributed by atoms with E-state index >= 15 is 0 Å². The third-order valence-electron chi connectivity index (χ3n) is 3.74. The molecule has 2 aromatic rings. The molecule has 8 N–H and O–H groups in total. The van der Waals surface area contributed by atoms with Crippen molar-refractivity contribution in [2.45, 2.75) is 25.7 Å². The first kappa shape index (κ1) is 26.7. The Labute approximate surface area is 166 Å². The average Bonchev–Trinajstić information content (AvgIpc) is 2.65. The summed E-state index contributed by atoms with van der Waals surface area (Å²) in [6, 6.07) is 16.6. The van der Waals surface area contributed by atoms with E-state index in [1.54, 1.807) is 60.7 Å². The minimum Gasteiger partial charge on any atom is -0.344 e. The van der Waals surface area contributed by atoms with Gasteiger partial charge in [-0.05, 0) is 37.1 Å². The fourth-order valence-electron chi connectivity index (χ4n) is 2.32. The highest BCUT2D eigenvalue weighted by molar-refractivity contribution is 7.61. The van der Waals surface area contributed by atoms with E-state index in [0.29, 0.717) is 12.8 Å². The normalized spacial score (nSPS) is 14.8. The lowest BCUT2D eigenvalue weighted by Crippen LogP contribution is -2.07. The molecule has 158 valence electrons. The molecule has 28 heavy (non-hydrogen) atoms. The minimum atomic E-state index is -3.76. The molecule has 10 heteroatoms. The fourth-order valence-corrected chi connectivity index (χ4v) is 4.47. The van der Waals surface area contributed by atoms with Crippen LogP contribution in [0.1, 0.15) is 25.7 Å². The molecule has 0 spiro atoms. The van der Waals surface area contributed by atoms with E-state index in [1.165, 1.54) is 0 Å². The van der Waals surface area contributed by atoms with Gasteiger partial charge in [0.25, 0.3) is 0 Å². The van der Waals surface area contributed by atoms with Gasteiger partial charge in [-0.2, -0.15) is 0 Å². The van der Waals surface area contributed by atoms with Crippen molar-refractivity contribution in [3.8, 4) is 0 Å². The number of unbranched alkanes of at least 4 members (excludes halogenated alkanes) is 3. The van der Waals surface area contributed by atoms with Gasteiger partial charge in [0.2, 0.25) is 0 Å². The third kappa shape index (κ3) is 8.78. The van der Waals surface area contributed by atoms with Crippen LogP contribution >= 0.6 is 15.2 Å². The molecule has 2 unspecified atom stereocenters. The monoisotopic (exact) mass is 432 g/mol. The SMILES string of the molecule is N.N.O=P(O)(OCCCCCCOP(=O)(O)c1ccccc1)c1ccccc1. The molecule has 2 aromatic carbocycles. The van der Waals surface area contributed by atoms with Gasteiger partial charge in [0, 0.05) is 0 Å². The van der Waals surface area contributed by atoms with E-state index in [4.69, 9.17) is 9.05 Å². The van der Waals surface area contributed by atoms with Crippen molar-refractivity contribution in [2.75, 3.05) is 13.2 Å². The largest absolute Gasteiger partial charge is 0.358 e. The zero-order valence-corrected chi connectivity index (χ0v) is 17.6. The molecule has 0 amide bonds. The van der Waals surface area contributed by atoms with Gasteiger partial charge in [-0.1, -0.05) is 49.2 Å². The Morgan fingerprint density at radius 2 is 0.929 bits per heavy atom. The molecule has 2 atom stereocenters. The first-order chi connectivity index (χ1) is 12.4. The van der Waals surface area contributed by atoms with Crippen LogP contribution in [0.4, 0.5) is 0 Å². The van der Waals surface area contributed by atoms with E-state index in [1.807, 2.05) is 0 Å². The molecule has 0 saturated heterocycles. The Morgan fingerprint density at radius 3 is 1.25 bits per heavy atom. The Balaban J connectivity index is 0.00000364. The predicted molar refractivity (Wildman–Crippen MR) is 112 cm³/mol. The summed E-state index contributed by atoms with van der Waals surface area (Å²) in [4.78, 5) is 19.8. The minimum absolute atomic E-state index is 0. The van der Waals surface area contributed by atoms with Crippen LogP contribution in [0, 0.1) is 0 Å².